The predicted octanol–water partition coefficient (Wildman–Crippen LogP) is 3.03. The van der Waals surface area contributed by atoms with Gasteiger partial charge in [-0.25, -0.2) is 24.6 Å². The van der Waals surface area contributed by atoms with Crippen molar-refractivity contribution in [3.8, 4) is 0 Å². The number of nitrogens with zero attached hydrogens (tertiary/aromatic N) is 7. The predicted molar refractivity (Wildman–Crippen MR) is 114 cm³/mol. The Morgan fingerprint density at radius 1 is 1.15 bits per heavy atom. The molecule has 0 spiro atoms. The number of rotatable bonds is 5. The summed E-state index contributed by atoms with van der Waals surface area (Å²) < 4.78 is 40.4. The molecule has 0 saturated heterocycles. The molecule has 4 heterocycles. The number of aromatic nitrogens is 7. The van der Waals surface area contributed by atoms with Gasteiger partial charge < -0.3 is 10.6 Å². The van der Waals surface area contributed by atoms with E-state index in [1.807, 2.05) is 0 Å². The number of thiazole rings is 1. The van der Waals surface area contributed by atoms with Crippen molar-refractivity contribution >= 4 is 51.7 Å². The summed E-state index contributed by atoms with van der Waals surface area (Å²) in [4.78, 5) is 41.0. The third kappa shape index (κ3) is 4.65. The number of fused-ring (bicyclic) bond motifs is 1. The number of aryl methyl sites for hydroxylation is 1. The van der Waals surface area contributed by atoms with Crippen LogP contribution in [0.25, 0.3) is 11.2 Å². The average molecular weight is 512 g/mol. The molecule has 0 radical (unpaired) electrons. The normalized spacial score (nSPS) is 12.5. The molecule has 11 nitrogen and oxygen atoms in total. The molecule has 16 heteroatoms. The molecule has 0 aliphatic rings. The fourth-order valence-electron chi connectivity index (χ4n) is 2.84. The second-order valence-corrected chi connectivity index (χ2v) is 8.34. The van der Waals surface area contributed by atoms with Gasteiger partial charge in [-0.05, 0) is 13.0 Å². The summed E-state index contributed by atoms with van der Waals surface area (Å²) in [6.45, 7) is 1.64. The van der Waals surface area contributed by atoms with Crippen LogP contribution in [-0.4, -0.2) is 46.7 Å². The summed E-state index contributed by atoms with van der Waals surface area (Å²) in [5.74, 6) is -1.59. The molecular formula is C18H13ClF3N9O2S. The molecule has 2 amide bonds. The van der Waals surface area contributed by atoms with E-state index in [9.17, 15) is 22.8 Å². The monoisotopic (exact) mass is 511 g/mol. The van der Waals surface area contributed by atoms with Crippen LogP contribution >= 0.6 is 22.9 Å². The van der Waals surface area contributed by atoms with E-state index in [4.69, 9.17) is 11.6 Å². The minimum absolute atomic E-state index is 0.0220. The molecule has 0 aliphatic carbocycles. The summed E-state index contributed by atoms with van der Waals surface area (Å²) in [5, 5.41) is 12.5. The number of alkyl halides is 3. The van der Waals surface area contributed by atoms with Gasteiger partial charge in [0.2, 0.25) is 0 Å². The average Bonchev–Trinajstić information content (AvgIpc) is 3.42. The van der Waals surface area contributed by atoms with Gasteiger partial charge in [0.05, 0.1) is 22.8 Å². The smallest absolute Gasteiger partial charge is 0.342 e. The van der Waals surface area contributed by atoms with E-state index in [1.165, 1.54) is 17.2 Å². The molecule has 0 bridgehead atoms. The Bertz CT molecular complexity index is 1410. The Morgan fingerprint density at radius 3 is 2.65 bits per heavy atom. The first-order valence-electron chi connectivity index (χ1n) is 9.35. The van der Waals surface area contributed by atoms with E-state index >= 15 is 0 Å². The van der Waals surface area contributed by atoms with Gasteiger partial charge in [0.15, 0.2) is 16.9 Å². The molecule has 0 unspecified atom stereocenters. The SMILES string of the molecule is C[C@@H](NC(=O)c1ncnc2c1nnn2C)c1ncc(C(=O)Nc2cc(C(F)(F)F)c(Cl)cn2)s1. The summed E-state index contributed by atoms with van der Waals surface area (Å²) in [6.07, 6.45) is -1.45. The van der Waals surface area contributed by atoms with E-state index in [2.05, 4.69) is 40.9 Å². The molecule has 4 rings (SSSR count). The number of halogens is 4. The van der Waals surface area contributed by atoms with Crippen molar-refractivity contribution in [2.24, 2.45) is 7.05 Å². The van der Waals surface area contributed by atoms with Gasteiger partial charge in [0.25, 0.3) is 11.8 Å². The minimum Gasteiger partial charge on any atom is -0.342 e. The quantitative estimate of drug-likeness (QED) is 0.416. The maximum atomic E-state index is 13.0. The minimum atomic E-state index is -4.70. The summed E-state index contributed by atoms with van der Waals surface area (Å²) in [7, 11) is 1.62. The summed E-state index contributed by atoms with van der Waals surface area (Å²) in [5.41, 5.74) is -0.496. The van der Waals surface area contributed by atoms with Crippen molar-refractivity contribution < 1.29 is 22.8 Å². The van der Waals surface area contributed by atoms with Crippen LogP contribution in [0.1, 0.15) is 43.7 Å². The topological polar surface area (TPSA) is 140 Å². The number of carbonyl (C=O) groups is 2. The van der Waals surface area contributed by atoms with Crippen molar-refractivity contribution in [2.75, 3.05) is 5.32 Å². The maximum absolute atomic E-state index is 13.0. The first kappa shape index (κ1) is 23.4. The number of amides is 2. The summed E-state index contributed by atoms with van der Waals surface area (Å²) in [6, 6.07) is 0.0196. The Balaban J connectivity index is 1.46. The summed E-state index contributed by atoms with van der Waals surface area (Å²) >= 11 is 6.48. The van der Waals surface area contributed by atoms with Crippen molar-refractivity contribution in [3.63, 3.8) is 0 Å². The maximum Gasteiger partial charge on any atom is 0.418 e. The lowest BCUT2D eigenvalue weighted by atomic mass is 10.2. The Labute approximate surface area is 197 Å². The number of pyridine rings is 1. The standard InChI is InChI=1S/C18H13ClF3N9O2S/c1-7(27-16(33)13-12-14(26-6-25-13)31(2)30-29-12)17-24-5-10(34-17)15(32)28-11-3-8(18(20,21)22)9(19)4-23-11/h3-7H,1-2H3,(H,27,33)(H,23,28,32)/t7-/m1/s1. The molecule has 176 valence electrons. The molecule has 0 fully saturated rings. The van der Waals surface area contributed by atoms with E-state index in [0.717, 1.165) is 17.5 Å². The van der Waals surface area contributed by atoms with Crippen molar-refractivity contribution in [2.45, 2.75) is 19.1 Å². The van der Waals surface area contributed by atoms with E-state index in [0.29, 0.717) is 16.7 Å². The zero-order chi connectivity index (χ0) is 24.6. The molecule has 34 heavy (non-hydrogen) atoms. The van der Waals surface area contributed by atoms with Crippen molar-refractivity contribution in [3.05, 3.63) is 51.0 Å². The molecule has 2 N–H and O–H groups in total. The molecular weight excluding hydrogens is 499 g/mol. The Morgan fingerprint density at radius 2 is 1.91 bits per heavy atom. The van der Waals surface area contributed by atoms with Crippen molar-refractivity contribution in [1.82, 2.24) is 40.2 Å². The Kier molecular flexibility index (Phi) is 6.14. The lowest BCUT2D eigenvalue weighted by molar-refractivity contribution is -0.137. The number of carbonyl (C=O) groups excluding carboxylic acids is 2. The second kappa shape index (κ2) is 8.90. The molecule has 0 saturated carbocycles. The van der Waals surface area contributed by atoms with Crippen LogP contribution in [0.4, 0.5) is 19.0 Å². The second-order valence-electron chi connectivity index (χ2n) is 6.87. The highest BCUT2D eigenvalue weighted by Crippen LogP contribution is 2.35. The highest BCUT2D eigenvalue weighted by atomic mass is 35.5. The third-order valence-corrected chi connectivity index (χ3v) is 5.95. The number of hydrogen-bond acceptors (Lipinski definition) is 9. The number of nitrogens with one attached hydrogen (secondary N) is 2. The third-order valence-electron chi connectivity index (χ3n) is 4.47. The Hall–Kier alpha value is -3.72. The highest BCUT2D eigenvalue weighted by molar-refractivity contribution is 7.13. The van der Waals surface area contributed by atoms with Crippen molar-refractivity contribution in [1.29, 1.82) is 0 Å². The van der Waals surface area contributed by atoms with Gasteiger partial charge >= 0.3 is 6.18 Å². The largest absolute Gasteiger partial charge is 0.418 e. The van der Waals surface area contributed by atoms with Gasteiger partial charge in [-0.2, -0.15) is 13.2 Å². The van der Waals surface area contributed by atoms with Crippen LogP contribution in [-0.2, 0) is 13.2 Å². The van der Waals surface area contributed by atoms with Gasteiger partial charge in [-0.15, -0.1) is 16.4 Å². The molecule has 0 aliphatic heterocycles. The van der Waals surface area contributed by atoms with E-state index in [1.54, 1.807) is 14.0 Å². The fraction of sp³-hybridized carbons (Fsp3) is 0.222. The molecule has 4 aromatic rings. The molecule has 4 aromatic heterocycles. The van der Waals surface area contributed by atoms with Crippen LogP contribution in [0.5, 0.6) is 0 Å². The molecule has 1 atom stereocenters. The van der Waals surface area contributed by atoms with E-state index < -0.39 is 34.6 Å². The number of hydrogen-bond donors (Lipinski definition) is 2. The first-order chi connectivity index (χ1) is 16.0. The van der Waals surface area contributed by atoms with Crippen LogP contribution < -0.4 is 10.6 Å². The molecule has 0 aromatic carbocycles. The van der Waals surface area contributed by atoms with Crippen LogP contribution in [0.2, 0.25) is 5.02 Å². The lowest BCUT2D eigenvalue weighted by Crippen LogP contribution is -2.27. The zero-order valence-corrected chi connectivity index (χ0v) is 18.8. The van der Waals surface area contributed by atoms with Crippen LogP contribution in [0.15, 0.2) is 24.8 Å². The van der Waals surface area contributed by atoms with Gasteiger partial charge in [-0.3, -0.25) is 9.59 Å². The number of anilines is 1. The highest BCUT2D eigenvalue weighted by Gasteiger charge is 2.34. The lowest BCUT2D eigenvalue weighted by Gasteiger charge is -2.11. The zero-order valence-electron chi connectivity index (χ0n) is 17.3. The first-order valence-corrected chi connectivity index (χ1v) is 10.5. The van der Waals surface area contributed by atoms with Gasteiger partial charge in [-0.1, -0.05) is 16.8 Å². The van der Waals surface area contributed by atoms with E-state index in [-0.39, 0.29) is 21.9 Å². The van der Waals surface area contributed by atoms with Crippen LogP contribution in [0.3, 0.4) is 0 Å². The van der Waals surface area contributed by atoms with Gasteiger partial charge in [0, 0.05) is 13.2 Å². The van der Waals surface area contributed by atoms with Crippen LogP contribution in [0, 0.1) is 0 Å². The fourth-order valence-corrected chi connectivity index (χ4v) is 3.87. The van der Waals surface area contributed by atoms with Gasteiger partial charge in [0.1, 0.15) is 22.0 Å².